The summed E-state index contributed by atoms with van der Waals surface area (Å²) in [5.41, 5.74) is 1.96. The number of hydrogen-bond acceptors (Lipinski definition) is 6. The summed E-state index contributed by atoms with van der Waals surface area (Å²) < 4.78 is 63.2. The molecule has 10 atom stereocenters. The molecule has 0 radical (unpaired) electrons. The Bertz CT molecular complexity index is 1330. The molecule has 6 aliphatic carbocycles. The maximum atomic E-state index is 13.0. The van der Waals surface area contributed by atoms with Crippen LogP contribution in [0.3, 0.4) is 0 Å². The molecule has 0 saturated heterocycles. The molecular weight excluding hydrogens is 496 g/mol. The molecule has 0 heterocycles. The summed E-state index contributed by atoms with van der Waals surface area (Å²) in [6.07, 6.45) is 4.75. The number of rotatable bonds is 8. The summed E-state index contributed by atoms with van der Waals surface area (Å²) in [5.74, 6) is 4.16. The lowest BCUT2D eigenvalue weighted by molar-refractivity contribution is 0.0329. The zero-order chi connectivity index (χ0) is 25.0. The minimum atomic E-state index is -3.90. The quantitative estimate of drug-likeness (QED) is 0.379. The normalized spacial score (nSPS) is 39.1. The van der Waals surface area contributed by atoms with Crippen LogP contribution >= 0.6 is 0 Å². The van der Waals surface area contributed by atoms with Crippen molar-refractivity contribution >= 4 is 20.2 Å². The van der Waals surface area contributed by atoms with Crippen LogP contribution < -0.4 is 0 Å². The molecule has 2 unspecified atom stereocenters. The van der Waals surface area contributed by atoms with Crippen molar-refractivity contribution in [2.75, 3.05) is 13.2 Å². The van der Waals surface area contributed by atoms with E-state index in [0.29, 0.717) is 47.3 Å². The topological polar surface area (TPSA) is 86.7 Å². The Hall–Kier alpha value is -2.00. The van der Waals surface area contributed by atoms with Gasteiger partial charge in [-0.25, -0.2) is 0 Å². The fourth-order valence-corrected chi connectivity index (χ4v) is 10.8. The smallest absolute Gasteiger partial charge is 0.266 e. The highest BCUT2D eigenvalue weighted by Crippen LogP contribution is 2.82. The maximum Gasteiger partial charge on any atom is 0.296 e. The van der Waals surface area contributed by atoms with E-state index < -0.39 is 20.2 Å². The first kappa shape index (κ1) is 23.1. The third-order valence-corrected chi connectivity index (χ3v) is 12.6. The van der Waals surface area contributed by atoms with Crippen LogP contribution in [0.25, 0.3) is 0 Å². The summed E-state index contributed by atoms with van der Waals surface area (Å²) >= 11 is 0. The Morgan fingerprint density at radius 2 is 0.944 bits per heavy atom. The van der Waals surface area contributed by atoms with Crippen LogP contribution in [-0.4, -0.2) is 30.0 Å². The predicted octanol–water partition coefficient (Wildman–Crippen LogP) is 4.20. The van der Waals surface area contributed by atoms with Gasteiger partial charge in [-0.3, -0.25) is 8.37 Å². The van der Waals surface area contributed by atoms with E-state index in [1.165, 1.54) is 0 Å². The van der Waals surface area contributed by atoms with Crippen LogP contribution in [0.4, 0.5) is 0 Å². The SMILES string of the molecule is Cc1ccc(S(=O)(=O)OC[C@H]2[C@H](COS(=O)(=O)c3ccc(C)cc3)[C@@H]3C4C5[C@H]6C=C[C@H]5[C@@H]3[C@H]6[C@@H]42)cc1. The summed E-state index contributed by atoms with van der Waals surface area (Å²) in [6, 6.07) is 13.3. The Kier molecular flexibility index (Phi) is 4.99. The Labute approximate surface area is 213 Å². The fraction of sp³-hybridized carbons (Fsp3) is 0.500. The van der Waals surface area contributed by atoms with Gasteiger partial charge in [-0.05, 0) is 97.3 Å². The van der Waals surface area contributed by atoms with Crippen molar-refractivity contribution < 1.29 is 25.2 Å². The summed E-state index contributed by atoms with van der Waals surface area (Å²) in [6.45, 7) is 3.96. The molecule has 0 N–H and O–H groups in total. The molecule has 6 nitrogen and oxygen atoms in total. The van der Waals surface area contributed by atoms with Crippen LogP contribution in [0.5, 0.6) is 0 Å². The van der Waals surface area contributed by atoms with Crippen LogP contribution in [0.1, 0.15) is 11.1 Å². The van der Waals surface area contributed by atoms with Crippen molar-refractivity contribution in [2.45, 2.75) is 23.6 Å². The van der Waals surface area contributed by atoms with Crippen molar-refractivity contribution in [3.05, 3.63) is 71.8 Å². The molecule has 2 aromatic carbocycles. The average Bonchev–Trinajstić information content (AvgIpc) is 3.65. The van der Waals surface area contributed by atoms with Gasteiger partial charge in [-0.2, -0.15) is 16.8 Å². The van der Waals surface area contributed by atoms with Crippen LogP contribution in [-0.2, 0) is 28.6 Å². The summed E-state index contributed by atoms with van der Waals surface area (Å²) in [5, 5.41) is 0. The van der Waals surface area contributed by atoms with Gasteiger partial charge in [-0.15, -0.1) is 0 Å². The van der Waals surface area contributed by atoms with E-state index in [1.807, 2.05) is 13.8 Å². The van der Waals surface area contributed by atoms with Crippen molar-refractivity contribution in [1.82, 2.24) is 0 Å². The Balaban J connectivity index is 1.14. The standard InChI is InChI=1S/C28H30O6S2/c1-15-3-7-17(8-4-15)35(29,30)33-13-21-22(14-34-36(31,32)18-9-5-16(2)6-10-18)27-25-20-12-11-19-23(20)28(27)26(21)24(19)25/h3-12,19-28H,13-14H2,1-2H3/t19-,20-,21+,22+,23?,24-,25+,26+,27+,28?/m1/s1. The second kappa shape index (κ2) is 7.76. The Morgan fingerprint density at radius 1 is 0.556 bits per heavy atom. The first-order valence-corrected chi connectivity index (χ1v) is 15.6. The van der Waals surface area contributed by atoms with Gasteiger partial charge in [0, 0.05) is 0 Å². The molecule has 0 spiro atoms. The molecular formula is C28H30O6S2. The molecule has 5 fully saturated rings. The van der Waals surface area contributed by atoms with Crippen LogP contribution in [0.2, 0.25) is 0 Å². The van der Waals surface area contributed by atoms with E-state index in [1.54, 1.807) is 48.5 Å². The number of benzene rings is 2. The van der Waals surface area contributed by atoms with Crippen molar-refractivity contribution in [2.24, 2.45) is 59.2 Å². The van der Waals surface area contributed by atoms with Gasteiger partial charge < -0.3 is 0 Å². The number of allylic oxidation sites excluding steroid dienone is 2. The molecule has 8 heteroatoms. The molecule has 2 aromatic rings. The van der Waals surface area contributed by atoms with E-state index in [4.69, 9.17) is 8.37 Å². The molecule has 190 valence electrons. The highest BCUT2D eigenvalue weighted by atomic mass is 32.2. The molecule has 0 aliphatic heterocycles. The molecule has 8 rings (SSSR count). The second-order valence-corrected chi connectivity index (χ2v) is 14.7. The lowest BCUT2D eigenvalue weighted by Gasteiger charge is -2.41. The largest absolute Gasteiger partial charge is 0.296 e. The van der Waals surface area contributed by atoms with Gasteiger partial charge in [0.15, 0.2) is 0 Å². The molecule has 0 aromatic heterocycles. The van der Waals surface area contributed by atoms with Gasteiger partial charge in [0.1, 0.15) is 0 Å². The van der Waals surface area contributed by atoms with Gasteiger partial charge in [0.05, 0.1) is 23.0 Å². The highest BCUT2D eigenvalue weighted by molar-refractivity contribution is 7.87. The Morgan fingerprint density at radius 3 is 1.33 bits per heavy atom. The predicted molar refractivity (Wildman–Crippen MR) is 133 cm³/mol. The molecule has 5 saturated carbocycles. The van der Waals surface area contributed by atoms with E-state index in [9.17, 15) is 16.8 Å². The van der Waals surface area contributed by atoms with Crippen molar-refractivity contribution in [3.63, 3.8) is 0 Å². The van der Waals surface area contributed by atoms with Gasteiger partial charge >= 0.3 is 0 Å². The van der Waals surface area contributed by atoms with E-state index in [0.717, 1.165) is 11.1 Å². The average molecular weight is 527 g/mol. The van der Waals surface area contributed by atoms with Gasteiger partial charge in [0.2, 0.25) is 0 Å². The van der Waals surface area contributed by atoms with Gasteiger partial charge in [0.25, 0.3) is 20.2 Å². The fourth-order valence-electron chi connectivity index (χ4n) is 8.94. The first-order valence-electron chi connectivity index (χ1n) is 12.8. The number of aryl methyl sites for hydroxylation is 2. The minimum Gasteiger partial charge on any atom is -0.266 e. The first-order chi connectivity index (χ1) is 17.2. The third kappa shape index (κ3) is 3.14. The molecule has 0 amide bonds. The third-order valence-electron chi connectivity index (χ3n) is 9.99. The van der Waals surface area contributed by atoms with Crippen molar-refractivity contribution in [1.29, 1.82) is 0 Å². The minimum absolute atomic E-state index is 0.0327. The highest BCUT2D eigenvalue weighted by Gasteiger charge is 2.80. The molecule has 36 heavy (non-hydrogen) atoms. The number of hydrogen-bond donors (Lipinski definition) is 0. The van der Waals surface area contributed by atoms with Crippen LogP contribution in [0.15, 0.2) is 70.5 Å². The monoisotopic (exact) mass is 526 g/mol. The van der Waals surface area contributed by atoms with Crippen LogP contribution in [0, 0.1) is 73.0 Å². The van der Waals surface area contributed by atoms with E-state index in [-0.39, 0.29) is 34.8 Å². The zero-order valence-corrected chi connectivity index (χ0v) is 21.9. The lowest BCUT2D eigenvalue weighted by Crippen LogP contribution is -2.41. The van der Waals surface area contributed by atoms with E-state index in [2.05, 4.69) is 12.2 Å². The summed E-state index contributed by atoms with van der Waals surface area (Å²) in [4.78, 5) is 0.303. The van der Waals surface area contributed by atoms with Crippen molar-refractivity contribution in [3.8, 4) is 0 Å². The van der Waals surface area contributed by atoms with E-state index >= 15 is 0 Å². The molecule has 6 aliphatic rings. The zero-order valence-electron chi connectivity index (χ0n) is 20.2. The summed E-state index contributed by atoms with van der Waals surface area (Å²) in [7, 11) is -7.79. The lowest BCUT2D eigenvalue weighted by atomic mass is 9.65. The van der Waals surface area contributed by atoms with Gasteiger partial charge in [-0.1, -0.05) is 47.5 Å². The second-order valence-electron chi connectivity index (χ2n) is 11.4. The molecule has 8 bridgehead atoms. The maximum absolute atomic E-state index is 13.0.